The molecule has 0 aliphatic carbocycles. The van der Waals surface area contributed by atoms with E-state index < -0.39 is 5.97 Å². The van der Waals surface area contributed by atoms with Crippen molar-refractivity contribution in [2.45, 2.75) is 6.54 Å². The van der Waals surface area contributed by atoms with E-state index in [4.69, 9.17) is 10.5 Å². The van der Waals surface area contributed by atoms with E-state index >= 15 is 0 Å². The number of carbonyl (C=O) groups is 1. The summed E-state index contributed by atoms with van der Waals surface area (Å²) in [5.41, 5.74) is 1.01. The molecule has 0 aliphatic rings. The van der Waals surface area contributed by atoms with Crippen LogP contribution in [-0.2, 0) is 6.54 Å². The molecule has 0 amide bonds. The standard InChI is InChI=1S/C8H6N2O2/c9-10-5-6-1-3-7(4-2-6)8(11)12/h1-4H,5H2/p+1. The zero-order valence-electron chi connectivity index (χ0n) is 6.27. The van der Waals surface area contributed by atoms with Gasteiger partial charge in [-0.3, -0.25) is 0 Å². The van der Waals surface area contributed by atoms with Gasteiger partial charge < -0.3 is 5.11 Å². The Hall–Kier alpha value is -1.89. The van der Waals surface area contributed by atoms with E-state index in [1.165, 1.54) is 12.1 Å². The van der Waals surface area contributed by atoms with Gasteiger partial charge in [0.25, 0.3) is 0 Å². The van der Waals surface area contributed by atoms with Crippen molar-refractivity contribution in [1.82, 2.24) is 0 Å². The normalized spacial score (nSPS) is 8.92. The first-order valence-electron chi connectivity index (χ1n) is 3.37. The lowest BCUT2D eigenvalue weighted by Gasteiger charge is -1.92. The third-order valence-electron chi connectivity index (χ3n) is 1.45. The zero-order chi connectivity index (χ0) is 8.97. The highest BCUT2D eigenvalue weighted by Crippen LogP contribution is 2.05. The Bertz CT molecular complexity index is 324. The van der Waals surface area contributed by atoms with Gasteiger partial charge in [0.05, 0.1) is 5.56 Å². The maximum absolute atomic E-state index is 10.4. The van der Waals surface area contributed by atoms with Crippen molar-refractivity contribution in [1.29, 1.82) is 5.39 Å². The average molecular weight is 163 g/mol. The van der Waals surface area contributed by atoms with Gasteiger partial charge in [-0.25, -0.2) is 4.79 Å². The molecule has 0 heterocycles. The quantitative estimate of drug-likeness (QED) is 0.675. The molecule has 0 bridgehead atoms. The molecule has 0 atom stereocenters. The number of aromatic carboxylic acids is 1. The molecule has 0 aromatic heterocycles. The molecule has 0 saturated heterocycles. The lowest BCUT2D eigenvalue weighted by Crippen LogP contribution is -1.95. The average Bonchev–Trinajstić information content (AvgIpc) is 2.06. The summed E-state index contributed by atoms with van der Waals surface area (Å²) in [4.78, 5) is 13.3. The Morgan fingerprint density at radius 2 is 2.00 bits per heavy atom. The second kappa shape index (κ2) is 3.49. The number of rotatable bonds is 2. The van der Waals surface area contributed by atoms with Crippen molar-refractivity contribution in [2.24, 2.45) is 0 Å². The first-order valence-corrected chi connectivity index (χ1v) is 3.37. The van der Waals surface area contributed by atoms with Crippen LogP contribution in [0.15, 0.2) is 24.3 Å². The van der Waals surface area contributed by atoms with Gasteiger partial charge in [-0.05, 0) is 12.1 Å². The van der Waals surface area contributed by atoms with Gasteiger partial charge in [0.15, 0.2) is 0 Å². The molecule has 60 valence electrons. The molecule has 1 N–H and O–H groups in total. The van der Waals surface area contributed by atoms with E-state index in [1.54, 1.807) is 12.1 Å². The Morgan fingerprint density at radius 1 is 1.42 bits per heavy atom. The maximum atomic E-state index is 10.4. The first kappa shape index (κ1) is 8.21. The molecule has 12 heavy (non-hydrogen) atoms. The Morgan fingerprint density at radius 3 is 2.42 bits per heavy atom. The van der Waals surface area contributed by atoms with Crippen LogP contribution in [0.3, 0.4) is 0 Å². The van der Waals surface area contributed by atoms with E-state index in [1.807, 2.05) is 0 Å². The van der Waals surface area contributed by atoms with Crippen LogP contribution >= 0.6 is 0 Å². The zero-order valence-corrected chi connectivity index (χ0v) is 6.27. The summed E-state index contributed by atoms with van der Waals surface area (Å²) in [5.74, 6) is -0.956. The lowest BCUT2D eigenvalue weighted by molar-refractivity contribution is 0.0697. The van der Waals surface area contributed by atoms with Crippen LogP contribution in [0, 0.1) is 5.39 Å². The number of hydrogen-bond donors (Lipinski definition) is 1. The smallest absolute Gasteiger partial charge is 0.335 e. The van der Waals surface area contributed by atoms with Crippen LogP contribution in [-0.4, -0.2) is 11.1 Å². The van der Waals surface area contributed by atoms with E-state index in [0.29, 0.717) is 0 Å². The summed E-state index contributed by atoms with van der Waals surface area (Å²) in [7, 11) is 0. The summed E-state index contributed by atoms with van der Waals surface area (Å²) in [5, 5.41) is 16.7. The largest absolute Gasteiger partial charge is 0.478 e. The molecular formula is C8H7N2O2+. The summed E-state index contributed by atoms with van der Waals surface area (Å²) in [6.45, 7) is 0.194. The summed E-state index contributed by atoms with van der Waals surface area (Å²) in [6.07, 6.45) is 0. The second-order valence-corrected chi connectivity index (χ2v) is 2.30. The van der Waals surface area contributed by atoms with Gasteiger partial charge in [-0.15, -0.1) is 0 Å². The number of carboxylic acid groups (broad SMARTS) is 1. The van der Waals surface area contributed by atoms with E-state index in [9.17, 15) is 4.79 Å². The van der Waals surface area contributed by atoms with Crippen LogP contribution in [0.4, 0.5) is 0 Å². The molecular weight excluding hydrogens is 156 g/mol. The van der Waals surface area contributed by atoms with Crippen LogP contribution in [0.1, 0.15) is 15.9 Å². The molecule has 1 rings (SSSR count). The van der Waals surface area contributed by atoms with Crippen molar-refractivity contribution < 1.29 is 9.90 Å². The third-order valence-corrected chi connectivity index (χ3v) is 1.45. The molecule has 0 spiro atoms. The van der Waals surface area contributed by atoms with E-state index in [-0.39, 0.29) is 12.1 Å². The maximum Gasteiger partial charge on any atom is 0.335 e. The van der Waals surface area contributed by atoms with Crippen molar-refractivity contribution in [3.8, 4) is 0 Å². The predicted octanol–water partition coefficient (Wildman–Crippen LogP) is 1.74. The molecule has 0 aliphatic heterocycles. The minimum atomic E-state index is -0.956. The molecule has 4 heteroatoms. The number of diazo groups is 1. The molecule has 1 aromatic rings. The molecule has 4 nitrogen and oxygen atoms in total. The third kappa shape index (κ3) is 1.80. The Balaban J connectivity index is 2.87. The van der Waals surface area contributed by atoms with Gasteiger partial charge in [0.1, 0.15) is 4.98 Å². The highest BCUT2D eigenvalue weighted by molar-refractivity contribution is 5.87. The van der Waals surface area contributed by atoms with Crippen molar-refractivity contribution in [3.05, 3.63) is 40.4 Å². The number of hydrogen-bond acceptors (Lipinski definition) is 2. The summed E-state index contributed by atoms with van der Waals surface area (Å²) >= 11 is 0. The molecule has 0 unspecified atom stereocenters. The molecule has 0 radical (unpaired) electrons. The fourth-order valence-electron chi connectivity index (χ4n) is 0.834. The number of carboxylic acids is 1. The Kier molecular flexibility index (Phi) is 2.38. The molecule has 0 saturated carbocycles. The fourth-order valence-corrected chi connectivity index (χ4v) is 0.834. The minimum absolute atomic E-state index is 0.194. The van der Waals surface area contributed by atoms with E-state index in [2.05, 4.69) is 4.98 Å². The topological polar surface area (TPSA) is 65.5 Å². The van der Waals surface area contributed by atoms with Crippen molar-refractivity contribution in [2.75, 3.05) is 0 Å². The van der Waals surface area contributed by atoms with Crippen LogP contribution < -0.4 is 0 Å². The number of nitrogens with zero attached hydrogens (tertiary/aromatic N) is 2. The highest BCUT2D eigenvalue weighted by atomic mass is 16.4. The summed E-state index contributed by atoms with van der Waals surface area (Å²) < 4.78 is 0. The number of benzene rings is 1. The predicted molar refractivity (Wildman–Crippen MR) is 42.2 cm³/mol. The van der Waals surface area contributed by atoms with Crippen molar-refractivity contribution >= 4 is 5.97 Å². The van der Waals surface area contributed by atoms with Crippen LogP contribution in [0.25, 0.3) is 4.98 Å². The highest BCUT2D eigenvalue weighted by Gasteiger charge is 2.03. The van der Waals surface area contributed by atoms with E-state index in [0.717, 1.165) is 5.56 Å². The van der Waals surface area contributed by atoms with Gasteiger partial charge in [0, 0.05) is 5.56 Å². The van der Waals surface area contributed by atoms with Gasteiger partial charge in [-0.2, -0.15) is 0 Å². The minimum Gasteiger partial charge on any atom is -0.478 e. The monoisotopic (exact) mass is 163 g/mol. The first-order chi connectivity index (χ1) is 5.74. The van der Waals surface area contributed by atoms with Gasteiger partial charge in [0.2, 0.25) is 5.39 Å². The van der Waals surface area contributed by atoms with Crippen LogP contribution in [0.2, 0.25) is 0 Å². The SMILES string of the molecule is N#[N+]Cc1ccc(C(=O)O)cc1. The molecule has 1 aromatic carbocycles. The van der Waals surface area contributed by atoms with Crippen LogP contribution in [0.5, 0.6) is 0 Å². The second-order valence-electron chi connectivity index (χ2n) is 2.30. The lowest BCUT2D eigenvalue weighted by atomic mass is 10.1. The fraction of sp³-hybridized carbons (Fsp3) is 0.125. The van der Waals surface area contributed by atoms with Gasteiger partial charge >= 0.3 is 12.5 Å². The summed E-state index contributed by atoms with van der Waals surface area (Å²) in [6, 6.07) is 6.18. The molecule has 0 fully saturated rings. The Labute approximate surface area is 69.1 Å². The van der Waals surface area contributed by atoms with Crippen molar-refractivity contribution in [3.63, 3.8) is 0 Å². The van der Waals surface area contributed by atoms with Gasteiger partial charge in [-0.1, -0.05) is 12.1 Å².